The number of hydrogen-bond acceptors (Lipinski definition) is 4. The van der Waals surface area contributed by atoms with Gasteiger partial charge in [-0.15, -0.1) is 36.0 Å². The summed E-state index contributed by atoms with van der Waals surface area (Å²) in [7, 11) is -2.21. The summed E-state index contributed by atoms with van der Waals surface area (Å²) in [4.78, 5) is 0. The molecule has 2 fully saturated rings. The second kappa shape index (κ2) is 32.5. The Bertz CT molecular complexity index is 1920. The average molecular weight is 1250 g/mol. The minimum atomic E-state index is -1.11. The molecular weight excluding hydrogens is 1160 g/mol. The van der Waals surface area contributed by atoms with Crippen LogP contribution >= 0.6 is 31.9 Å². The van der Waals surface area contributed by atoms with Crippen molar-refractivity contribution in [3.05, 3.63) is 130 Å². The molecule has 0 bridgehead atoms. The molecule has 7 nitrogen and oxygen atoms in total. The Morgan fingerprint density at radius 2 is 0.743 bits per heavy atom. The number of ether oxygens (including phenoxy) is 2. The van der Waals surface area contributed by atoms with Gasteiger partial charge in [-0.2, -0.15) is 0 Å². The van der Waals surface area contributed by atoms with Crippen LogP contribution in [0.2, 0.25) is 39.3 Å². The van der Waals surface area contributed by atoms with Crippen molar-refractivity contribution in [2.45, 2.75) is 183 Å². The molecule has 70 heavy (non-hydrogen) atoms. The van der Waals surface area contributed by atoms with E-state index < -0.39 is 16.5 Å². The summed E-state index contributed by atoms with van der Waals surface area (Å²) in [6.45, 7) is 44.2. The van der Waals surface area contributed by atoms with Gasteiger partial charge in [0.2, 0.25) is 0 Å². The van der Waals surface area contributed by atoms with E-state index in [0.29, 0.717) is 13.1 Å². The molecule has 0 spiro atoms. The SMILES string of the molecule is C1CCOC1.C1CCOC1.CC(C)(C)c1cc(C[N-]c2ccc(Br)cc2)c([O-])c(C(C)(C)C)c1.CC(C)(C)c1cc(C[N-]c2ccc(Br)cc2)c([O-])c(C(C)(C)C)c1.C[Si](C)(C)[N-][Si](C)(C)C.[Li+].[Li+].[Sm+3]. The molecule has 4 aromatic rings. The van der Waals surface area contributed by atoms with Crippen molar-refractivity contribution < 1.29 is 97.8 Å². The van der Waals surface area contributed by atoms with Crippen LogP contribution in [0.15, 0.2) is 81.7 Å². The van der Waals surface area contributed by atoms with Crippen LogP contribution in [0.5, 0.6) is 11.5 Å². The standard InChI is InChI=1S/2C21H27BrNO.C6H18NSi2.2C4H8O.2Li.Sm/c2*1-20(2,3)15-11-14(19(24)18(12-15)21(4,5)6)13-23-17-9-7-16(22)8-10-17;1-8(2,3)7-9(4,5)6;2*1-2-4-5-3-1;;;/h2*7-12,24H,13H2,1-6H3;1-6H3;2*1-4H2;;;/q3*-1;;;2*+1;+3/p-2. The van der Waals surface area contributed by atoms with Crippen molar-refractivity contribution in [3.63, 3.8) is 0 Å². The minimum Gasteiger partial charge on any atom is -0.872 e. The van der Waals surface area contributed by atoms with Crippen molar-refractivity contribution in [1.82, 2.24) is 0 Å². The summed E-state index contributed by atoms with van der Waals surface area (Å²) >= 11 is 6.85. The summed E-state index contributed by atoms with van der Waals surface area (Å²) in [6.07, 6.45) is 5.11. The molecule has 14 heteroatoms. The van der Waals surface area contributed by atoms with Crippen LogP contribution in [-0.4, -0.2) is 42.9 Å². The van der Waals surface area contributed by atoms with Crippen LogP contribution in [0.1, 0.15) is 142 Å². The molecule has 0 saturated carbocycles. The molecule has 2 aliphatic heterocycles. The topological polar surface area (TPSA) is 107 Å². The molecule has 6 rings (SSSR count). The molecule has 379 valence electrons. The summed E-state index contributed by atoms with van der Waals surface area (Å²) in [5, 5.41) is 35.0. The third kappa shape index (κ3) is 29.3. The first-order valence-electron chi connectivity index (χ1n) is 24.1. The van der Waals surface area contributed by atoms with Crippen LogP contribution in [-0.2, 0) is 44.2 Å². The van der Waals surface area contributed by atoms with Crippen molar-refractivity contribution in [2.75, 3.05) is 26.4 Å². The van der Waals surface area contributed by atoms with E-state index in [1.54, 1.807) is 0 Å². The summed E-state index contributed by atoms with van der Waals surface area (Å²) in [5.41, 5.74) is 7.08. The molecule has 1 radical (unpaired) electrons. The van der Waals surface area contributed by atoms with Crippen molar-refractivity contribution in [3.8, 4) is 11.5 Å². The van der Waals surface area contributed by atoms with Crippen LogP contribution in [0.4, 0.5) is 11.4 Å². The number of halogens is 2. The number of hydrogen-bond donors (Lipinski definition) is 0. The largest absolute Gasteiger partial charge is 3.00 e. The van der Waals surface area contributed by atoms with Gasteiger partial charge < -0.3 is 35.0 Å². The zero-order valence-electron chi connectivity index (χ0n) is 47.1. The van der Waals surface area contributed by atoms with E-state index in [0.717, 1.165) is 69.0 Å². The van der Waals surface area contributed by atoms with Crippen molar-refractivity contribution in [2.24, 2.45) is 0 Å². The van der Waals surface area contributed by atoms with E-state index in [2.05, 4.69) is 177 Å². The van der Waals surface area contributed by atoms with E-state index in [1.165, 1.54) is 36.8 Å². The molecule has 2 aliphatic rings. The maximum atomic E-state index is 12.9. The molecule has 0 N–H and O–H groups in total. The van der Waals surface area contributed by atoms with E-state index in [1.807, 2.05) is 60.7 Å². The number of nitrogens with zero attached hydrogens (tertiary/aromatic N) is 3. The van der Waals surface area contributed by atoms with Gasteiger partial charge in [-0.25, -0.2) is 0 Å². The van der Waals surface area contributed by atoms with Gasteiger partial charge in [0, 0.05) is 35.4 Å². The van der Waals surface area contributed by atoms with E-state index >= 15 is 0 Å². The fourth-order valence-electron chi connectivity index (χ4n) is 7.07. The van der Waals surface area contributed by atoms with Gasteiger partial charge in [-0.3, -0.25) is 0 Å². The van der Waals surface area contributed by atoms with E-state index in [4.69, 9.17) is 14.1 Å². The zero-order chi connectivity index (χ0) is 51.0. The van der Waals surface area contributed by atoms with Gasteiger partial charge in [-0.1, -0.05) is 241 Å². The molecule has 4 aromatic carbocycles. The Morgan fingerprint density at radius 3 is 0.929 bits per heavy atom. The van der Waals surface area contributed by atoms with Gasteiger partial charge in [0.25, 0.3) is 0 Å². The fourth-order valence-corrected chi connectivity index (χ4v) is 15.6. The summed E-state index contributed by atoms with van der Waals surface area (Å²) < 4.78 is 16.8. The quantitative estimate of drug-likeness (QED) is 0.164. The molecule has 2 saturated heterocycles. The van der Waals surface area contributed by atoms with Crippen LogP contribution in [0.3, 0.4) is 0 Å². The molecule has 0 aromatic heterocycles. The minimum absolute atomic E-state index is 0. The molecule has 0 unspecified atom stereocenters. The smallest absolute Gasteiger partial charge is 0.872 e. The second-order valence-electron chi connectivity index (χ2n) is 23.7. The van der Waals surface area contributed by atoms with Gasteiger partial charge >= 0.3 is 78.1 Å². The number of rotatable bonds is 8. The normalized spacial score (nSPS) is 13.7. The molecule has 2 heterocycles. The maximum Gasteiger partial charge on any atom is 3.00 e. The third-order valence-corrected chi connectivity index (χ3v) is 16.9. The fraction of sp³-hybridized carbons (Fsp3) is 0.571. The zero-order valence-corrected chi connectivity index (χ0v) is 54.9. The monoisotopic (exact) mass is 1240 g/mol. The Labute approximate surface area is 503 Å². The van der Waals surface area contributed by atoms with Gasteiger partial charge in [0.05, 0.1) is 0 Å². The van der Waals surface area contributed by atoms with Crippen LogP contribution in [0.25, 0.3) is 15.3 Å². The van der Waals surface area contributed by atoms with Crippen molar-refractivity contribution in [1.29, 1.82) is 0 Å². The second-order valence-corrected chi connectivity index (χ2v) is 35.1. The molecular formula is C56H86Br2Li2N3O4Si2Sm. The predicted molar refractivity (Wildman–Crippen MR) is 298 cm³/mol. The molecule has 0 atom stereocenters. The average Bonchev–Trinajstić information content (AvgIpc) is 3.97. The maximum absolute atomic E-state index is 12.9. The van der Waals surface area contributed by atoms with Gasteiger partial charge in [-0.05, 0) is 82.7 Å². The van der Waals surface area contributed by atoms with E-state index in [9.17, 15) is 10.2 Å². The van der Waals surface area contributed by atoms with Crippen LogP contribution < -0.4 is 47.9 Å². The first kappa shape index (κ1) is 72.0. The van der Waals surface area contributed by atoms with Gasteiger partial charge in [0.15, 0.2) is 0 Å². The Kier molecular flexibility index (Phi) is 33.4. The first-order chi connectivity index (χ1) is 30.7. The molecule has 0 aliphatic carbocycles. The Hall–Kier alpha value is -0.114. The third-order valence-electron chi connectivity index (χ3n) is 10.5. The Balaban J connectivity index is 0. The predicted octanol–water partition coefficient (Wildman–Crippen LogP) is 11.3. The van der Waals surface area contributed by atoms with Crippen LogP contribution in [0, 0.1) is 40.4 Å². The Morgan fingerprint density at radius 1 is 0.471 bits per heavy atom. The molecule has 0 amide bonds. The summed E-state index contributed by atoms with van der Waals surface area (Å²) in [6, 6.07) is 23.9. The first-order valence-corrected chi connectivity index (χ1v) is 32.6. The van der Waals surface area contributed by atoms with E-state index in [-0.39, 0.29) is 111 Å². The summed E-state index contributed by atoms with van der Waals surface area (Å²) in [5.74, 6) is 0.243. The number of benzene rings is 4. The van der Waals surface area contributed by atoms with Crippen molar-refractivity contribution >= 4 is 59.7 Å². The van der Waals surface area contributed by atoms with Gasteiger partial charge in [0.1, 0.15) is 0 Å².